The first kappa shape index (κ1) is 17.3. The molecule has 2 aromatic rings. The van der Waals surface area contributed by atoms with Gasteiger partial charge in [0.2, 0.25) is 0 Å². The Balaban J connectivity index is 1.46. The van der Waals surface area contributed by atoms with E-state index in [0.717, 1.165) is 12.8 Å². The van der Waals surface area contributed by atoms with Gasteiger partial charge in [-0.05, 0) is 43.0 Å². The summed E-state index contributed by atoms with van der Waals surface area (Å²) in [7, 11) is -3.52. The molecule has 1 N–H and O–H groups in total. The molecule has 1 saturated heterocycles. The number of rotatable bonds is 4. The van der Waals surface area contributed by atoms with E-state index in [2.05, 4.69) is 0 Å². The zero-order valence-electron chi connectivity index (χ0n) is 14.2. The van der Waals surface area contributed by atoms with Gasteiger partial charge in [0, 0.05) is 19.0 Å². The van der Waals surface area contributed by atoms with Crippen LogP contribution in [0.15, 0.2) is 51.8 Å². The maximum atomic E-state index is 12.6. The average Bonchev–Trinajstić information content (AvgIpc) is 3.33. The summed E-state index contributed by atoms with van der Waals surface area (Å²) in [5.74, 6) is 0.367. The van der Waals surface area contributed by atoms with E-state index in [1.807, 2.05) is 0 Å². The SMILES string of the molecule is O=C(c1ccc(CS(=O)(=O)c2ccccc2)o1)N1C[C@@H]2CC[C@@H](O)[C@@H]2C1. The smallest absolute Gasteiger partial charge is 0.289 e. The second-order valence-electron chi connectivity index (χ2n) is 7.12. The molecule has 1 aromatic carbocycles. The first-order valence-corrected chi connectivity index (χ1v) is 10.4. The van der Waals surface area contributed by atoms with E-state index in [0.29, 0.717) is 19.0 Å². The van der Waals surface area contributed by atoms with Crippen LogP contribution in [-0.4, -0.2) is 43.5 Å². The Kier molecular flexibility index (Phi) is 4.36. The van der Waals surface area contributed by atoms with Crippen molar-refractivity contribution in [3.8, 4) is 0 Å². The highest BCUT2D eigenvalue weighted by atomic mass is 32.2. The maximum absolute atomic E-state index is 12.6. The van der Waals surface area contributed by atoms with Crippen molar-refractivity contribution in [2.45, 2.75) is 29.6 Å². The summed E-state index contributed by atoms with van der Waals surface area (Å²) >= 11 is 0. The van der Waals surface area contributed by atoms with Crippen LogP contribution in [0.4, 0.5) is 0 Å². The molecule has 3 atom stereocenters. The van der Waals surface area contributed by atoms with E-state index in [1.54, 1.807) is 41.3 Å². The Morgan fingerprint density at radius 2 is 1.88 bits per heavy atom. The molecular weight excluding hydrogens is 354 g/mol. The van der Waals surface area contributed by atoms with Crippen molar-refractivity contribution in [2.75, 3.05) is 13.1 Å². The minimum absolute atomic E-state index is 0.145. The van der Waals surface area contributed by atoms with Gasteiger partial charge in [0.05, 0.1) is 11.0 Å². The van der Waals surface area contributed by atoms with Crippen LogP contribution >= 0.6 is 0 Å². The van der Waals surface area contributed by atoms with Crippen molar-refractivity contribution in [3.05, 3.63) is 54.0 Å². The van der Waals surface area contributed by atoms with E-state index < -0.39 is 9.84 Å². The van der Waals surface area contributed by atoms with E-state index >= 15 is 0 Å². The molecule has 2 fully saturated rings. The van der Waals surface area contributed by atoms with Crippen molar-refractivity contribution in [2.24, 2.45) is 11.8 Å². The number of carbonyl (C=O) groups excluding carboxylic acids is 1. The molecule has 0 bridgehead atoms. The van der Waals surface area contributed by atoms with Crippen molar-refractivity contribution in [3.63, 3.8) is 0 Å². The number of hydrogen-bond acceptors (Lipinski definition) is 5. The minimum Gasteiger partial charge on any atom is -0.455 e. The topological polar surface area (TPSA) is 87.8 Å². The lowest BCUT2D eigenvalue weighted by atomic mass is 10.00. The predicted molar refractivity (Wildman–Crippen MR) is 94.2 cm³/mol. The summed E-state index contributed by atoms with van der Waals surface area (Å²) in [5.41, 5.74) is 0. The summed E-state index contributed by atoms with van der Waals surface area (Å²) in [4.78, 5) is 14.6. The number of aliphatic hydroxyl groups excluding tert-OH is 1. The maximum Gasteiger partial charge on any atom is 0.289 e. The van der Waals surface area contributed by atoms with Crippen molar-refractivity contribution in [1.29, 1.82) is 0 Å². The fraction of sp³-hybridized carbons (Fsp3) is 0.421. The van der Waals surface area contributed by atoms with Crippen LogP contribution < -0.4 is 0 Å². The van der Waals surface area contributed by atoms with Gasteiger partial charge in [0.15, 0.2) is 15.6 Å². The molecule has 1 aliphatic heterocycles. The molecule has 26 heavy (non-hydrogen) atoms. The number of carbonyl (C=O) groups is 1. The summed E-state index contributed by atoms with van der Waals surface area (Å²) in [6.07, 6.45) is 1.41. The minimum atomic E-state index is -3.52. The fourth-order valence-electron chi connectivity index (χ4n) is 4.03. The third kappa shape index (κ3) is 3.17. The van der Waals surface area contributed by atoms with Crippen LogP contribution in [0.25, 0.3) is 0 Å². The van der Waals surface area contributed by atoms with Gasteiger partial charge >= 0.3 is 0 Å². The number of aliphatic hydroxyl groups is 1. The lowest BCUT2D eigenvalue weighted by molar-refractivity contribution is 0.0720. The molecule has 7 heteroatoms. The molecule has 2 heterocycles. The lowest BCUT2D eigenvalue weighted by Gasteiger charge is -2.17. The molecule has 1 aliphatic carbocycles. The zero-order chi connectivity index (χ0) is 18.3. The van der Waals surface area contributed by atoms with E-state index in [1.165, 1.54) is 6.07 Å². The Hall–Kier alpha value is -2.12. The third-order valence-corrected chi connectivity index (χ3v) is 7.07. The number of benzene rings is 1. The second kappa shape index (κ2) is 6.55. The average molecular weight is 375 g/mol. The van der Waals surface area contributed by atoms with Crippen LogP contribution in [0.2, 0.25) is 0 Å². The Morgan fingerprint density at radius 1 is 1.12 bits per heavy atom. The zero-order valence-corrected chi connectivity index (χ0v) is 15.1. The molecule has 0 unspecified atom stereocenters. The molecule has 1 aromatic heterocycles. The van der Waals surface area contributed by atoms with Gasteiger partial charge in [-0.1, -0.05) is 18.2 Å². The van der Waals surface area contributed by atoms with Gasteiger partial charge in [0.1, 0.15) is 11.5 Å². The highest BCUT2D eigenvalue weighted by Crippen LogP contribution is 2.38. The van der Waals surface area contributed by atoms with Gasteiger partial charge < -0.3 is 14.4 Å². The lowest BCUT2D eigenvalue weighted by Crippen LogP contribution is -2.30. The number of likely N-dealkylation sites (tertiary alicyclic amines) is 1. The van der Waals surface area contributed by atoms with Crippen LogP contribution in [0, 0.1) is 11.8 Å². The Morgan fingerprint density at radius 3 is 2.62 bits per heavy atom. The molecule has 2 aliphatic rings. The summed E-state index contributed by atoms with van der Waals surface area (Å²) in [6, 6.07) is 11.2. The van der Waals surface area contributed by atoms with Crippen LogP contribution in [0.1, 0.15) is 29.2 Å². The second-order valence-corrected chi connectivity index (χ2v) is 9.11. The first-order valence-electron chi connectivity index (χ1n) is 8.78. The molecular formula is C19H21NO5S. The Bertz CT molecular complexity index is 905. The monoisotopic (exact) mass is 375 g/mol. The largest absolute Gasteiger partial charge is 0.455 e. The number of furan rings is 1. The van der Waals surface area contributed by atoms with Gasteiger partial charge in [-0.25, -0.2) is 8.42 Å². The van der Waals surface area contributed by atoms with Gasteiger partial charge in [-0.3, -0.25) is 4.79 Å². The number of hydrogen-bond donors (Lipinski definition) is 1. The van der Waals surface area contributed by atoms with Gasteiger partial charge in [-0.2, -0.15) is 0 Å². The molecule has 1 saturated carbocycles. The van der Waals surface area contributed by atoms with Gasteiger partial charge in [-0.15, -0.1) is 0 Å². The fourth-order valence-corrected chi connectivity index (χ4v) is 5.30. The molecule has 138 valence electrons. The van der Waals surface area contributed by atoms with Gasteiger partial charge in [0.25, 0.3) is 5.91 Å². The van der Waals surface area contributed by atoms with Crippen LogP contribution in [-0.2, 0) is 15.6 Å². The number of nitrogens with zero attached hydrogens (tertiary/aromatic N) is 1. The van der Waals surface area contributed by atoms with E-state index in [4.69, 9.17) is 4.42 Å². The molecule has 4 rings (SSSR count). The molecule has 1 amide bonds. The van der Waals surface area contributed by atoms with Crippen LogP contribution in [0.5, 0.6) is 0 Å². The quantitative estimate of drug-likeness (QED) is 0.884. The van der Waals surface area contributed by atoms with Crippen molar-refractivity contribution in [1.82, 2.24) is 4.90 Å². The summed E-state index contributed by atoms with van der Waals surface area (Å²) in [5, 5.41) is 9.98. The normalized spacial score (nSPS) is 25.4. The highest BCUT2D eigenvalue weighted by Gasteiger charge is 2.43. The van der Waals surface area contributed by atoms with Crippen molar-refractivity contribution < 1.29 is 22.7 Å². The Labute approximate surface area is 152 Å². The first-order chi connectivity index (χ1) is 12.4. The van der Waals surface area contributed by atoms with Crippen molar-refractivity contribution >= 4 is 15.7 Å². The third-order valence-electron chi connectivity index (χ3n) is 5.41. The standard InChI is InChI=1S/C19H21NO5S/c21-17-8-6-13-10-20(11-16(13)17)19(22)18-9-7-14(25-18)12-26(23,24)15-4-2-1-3-5-15/h1-5,7,9,13,16-17,21H,6,8,10-12H2/t13-,16+,17+/m0/s1. The summed E-state index contributed by atoms with van der Waals surface area (Å²) < 4.78 is 30.4. The van der Waals surface area contributed by atoms with E-state index in [9.17, 15) is 18.3 Å². The predicted octanol–water partition coefficient (Wildman–Crippen LogP) is 2.10. The summed E-state index contributed by atoms with van der Waals surface area (Å²) in [6.45, 7) is 1.15. The molecule has 6 nitrogen and oxygen atoms in total. The number of sulfone groups is 1. The highest BCUT2D eigenvalue weighted by molar-refractivity contribution is 7.90. The molecule has 0 spiro atoms. The number of amides is 1. The molecule has 0 radical (unpaired) electrons. The van der Waals surface area contributed by atoms with E-state index in [-0.39, 0.29) is 40.1 Å². The number of fused-ring (bicyclic) bond motifs is 1. The van der Waals surface area contributed by atoms with Crippen LogP contribution in [0.3, 0.4) is 0 Å².